The van der Waals surface area contributed by atoms with Gasteiger partial charge in [-0.2, -0.15) is 5.26 Å². The molecule has 7 heteroatoms. The van der Waals surface area contributed by atoms with Crippen LogP contribution in [0.25, 0.3) is 6.08 Å². The Hall–Kier alpha value is -3.40. The molecule has 0 saturated heterocycles. The lowest BCUT2D eigenvalue weighted by Gasteiger charge is -2.07. The van der Waals surface area contributed by atoms with Gasteiger partial charge < -0.3 is 9.88 Å². The third-order valence-electron chi connectivity index (χ3n) is 4.35. The van der Waals surface area contributed by atoms with Crippen LogP contribution in [0.15, 0.2) is 35.9 Å². The minimum atomic E-state index is -0.559. The summed E-state index contributed by atoms with van der Waals surface area (Å²) in [7, 11) is 0. The highest BCUT2D eigenvalue weighted by atomic mass is 16.6. The molecule has 1 heterocycles. The number of aryl methyl sites for hydroxylation is 1. The lowest BCUT2D eigenvalue weighted by Crippen LogP contribution is -2.24. The minimum absolute atomic E-state index is 0.0239. The Morgan fingerprint density at radius 1 is 1.37 bits per heavy atom. The summed E-state index contributed by atoms with van der Waals surface area (Å²) in [4.78, 5) is 22.9. The van der Waals surface area contributed by atoms with Crippen LogP contribution in [-0.2, 0) is 17.9 Å². The normalized spacial score (nSPS) is 11.1. The first-order valence-corrected chi connectivity index (χ1v) is 8.68. The van der Waals surface area contributed by atoms with E-state index in [0.717, 1.165) is 29.9 Å². The van der Waals surface area contributed by atoms with Crippen molar-refractivity contribution in [2.75, 3.05) is 0 Å². The molecule has 0 aliphatic rings. The van der Waals surface area contributed by atoms with Crippen LogP contribution in [0.3, 0.4) is 0 Å². The molecule has 27 heavy (non-hydrogen) atoms. The van der Waals surface area contributed by atoms with E-state index >= 15 is 0 Å². The predicted molar refractivity (Wildman–Crippen MR) is 103 cm³/mol. The summed E-state index contributed by atoms with van der Waals surface area (Å²) in [6.07, 6.45) is 2.55. The monoisotopic (exact) mass is 366 g/mol. The van der Waals surface area contributed by atoms with Gasteiger partial charge in [0.1, 0.15) is 11.6 Å². The van der Waals surface area contributed by atoms with Crippen molar-refractivity contribution in [1.29, 1.82) is 5.26 Å². The minimum Gasteiger partial charge on any atom is -0.349 e. The van der Waals surface area contributed by atoms with Gasteiger partial charge in [-0.05, 0) is 38.0 Å². The standard InChI is InChI=1S/C20H22N4O3/c1-4-9-23-14(2)10-17(15(23)3)11-18(12-21)20(25)22-13-16-7-5-6-8-19(16)24(26)27/h5-8,10-11H,4,9,13H2,1-3H3,(H,22,25)/b18-11+. The number of nitrogens with zero attached hydrogens (tertiary/aromatic N) is 3. The summed E-state index contributed by atoms with van der Waals surface area (Å²) < 4.78 is 2.14. The number of nitro benzene ring substituents is 1. The number of nitro groups is 1. The van der Waals surface area contributed by atoms with Crippen LogP contribution in [0.2, 0.25) is 0 Å². The number of aromatic nitrogens is 1. The van der Waals surface area contributed by atoms with Crippen LogP contribution >= 0.6 is 0 Å². The lowest BCUT2D eigenvalue weighted by molar-refractivity contribution is -0.385. The van der Waals surface area contributed by atoms with Gasteiger partial charge in [0.25, 0.3) is 11.6 Å². The average molecular weight is 366 g/mol. The number of nitriles is 1. The zero-order valence-corrected chi connectivity index (χ0v) is 15.7. The van der Waals surface area contributed by atoms with Gasteiger partial charge >= 0.3 is 0 Å². The number of carbonyl (C=O) groups is 1. The Morgan fingerprint density at radius 3 is 2.70 bits per heavy atom. The fourth-order valence-electron chi connectivity index (χ4n) is 2.95. The van der Waals surface area contributed by atoms with Gasteiger partial charge in [0.2, 0.25) is 0 Å². The average Bonchev–Trinajstić information content (AvgIpc) is 2.92. The molecule has 1 aromatic carbocycles. The van der Waals surface area contributed by atoms with Crippen molar-refractivity contribution in [2.24, 2.45) is 0 Å². The van der Waals surface area contributed by atoms with Gasteiger partial charge in [-0.1, -0.05) is 25.1 Å². The van der Waals surface area contributed by atoms with Crippen molar-refractivity contribution < 1.29 is 9.72 Å². The molecule has 2 rings (SSSR count). The van der Waals surface area contributed by atoms with Gasteiger partial charge in [-0.3, -0.25) is 14.9 Å². The van der Waals surface area contributed by atoms with Crippen LogP contribution < -0.4 is 5.32 Å². The highest BCUT2D eigenvalue weighted by Gasteiger charge is 2.16. The number of benzene rings is 1. The number of amides is 1. The zero-order valence-electron chi connectivity index (χ0n) is 15.7. The maximum Gasteiger partial charge on any atom is 0.274 e. The molecular formula is C20H22N4O3. The van der Waals surface area contributed by atoms with E-state index in [2.05, 4.69) is 16.8 Å². The number of carbonyl (C=O) groups excluding carboxylic acids is 1. The third-order valence-corrected chi connectivity index (χ3v) is 4.35. The molecule has 0 aliphatic carbocycles. The van der Waals surface area contributed by atoms with E-state index < -0.39 is 10.8 Å². The predicted octanol–water partition coefficient (Wildman–Crippen LogP) is 3.65. The molecular weight excluding hydrogens is 344 g/mol. The summed E-state index contributed by atoms with van der Waals surface area (Å²) in [5.74, 6) is -0.559. The lowest BCUT2D eigenvalue weighted by atomic mass is 10.1. The van der Waals surface area contributed by atoms with Crippen LogP contribution in [0.5, 0.6) is 0 Å². The molecule has 0 spiro atoms. The van der Waals surface area contributed by atoms with Crippen LogP contribution in [0.1, 0.15) is 35.9 Å². The van der Waals surface area contributed by atoms with Crippen molar-refractivity contribution >= 4 is 17.7 Å². The fraction of sp³-hybridized carbons (Fsp3) is 0.300. The van der Waals surface area contributed by atoms with Gasteiger partial charge in [0, 0.05) is 36.1 Å². The van der Waals surface area contributed by atoms with E-state index in [1.807, 2.05) is 26.0 Å². The maximum absolute atomic E-state index is 12.4. The number of nitrogens with one attached hydrogen (secondary N) is 1. The van der Waals surface area contributed by atoms with Crippen molar-refractivity contribution in [3.8, 4) is 6.07 Å². The van der Waals surface area contributed by atoms with Gasteiger partial charge in [0.05, 0.1) is 4.92 Å². The second-order valence-electron chi connectivity index (χ2n) is 6.22. The molecule has 140 valence electrons. The first kappa shape index (κ1) is 19.9. The van der Waals surface area contributed by atoms with Crippen LogP contribution in [0.4, 0.5) is 5.69 Å². The van der Waals surface area contributed by atoms with E-state index in [-0.39, 0.29) is 17.8 Å². The van der Waals surface area contributed by atoms with E-state index in [1.54, 1.807) is 24.3 Å². The molecule has 1 N–H and O–H groups in total. The quantitative estimate of drug-likeness (QED) is 0.350. The van der Waals surface area contributed by atoms with Crippen molar-refractivity contribution in [3.05, 3.63) is 68.5 Å². The van der Waals surface area contributed by atoms with E-state index in [4.69, 9.17) is 0 Å². The first-order chi connectivity index (χ1) is 12.9. The molecule has 0 atom stereocenters. The SMILES string of the molecule is CCCn1c(C)cc(/C=C(\C#N)C(=O)NCc2ccccc2[N+](=O)[O-])c1C. The summed E-state index contributed by atoms with van der Waals surface area (Å²) in [5, 5.41) is 23.0. The fourth-order valence-corrected chi connectivity index (χ4v) is 2.95. The number of para-hydroxylation sites is 1. The Labute approximate surface area is 158 Å². The second kappa shape index (κ2) is 8.81. The molecule has 0 unspecified atom stereocenters. The van der Waals surface area contributed by atoms with Crippen molar-refractivity contribution in [1.82, 2.24) is 9.88 Å². The Bertz CT molecular complexity index is 935. The molecule has 1 amide bonds. The molecule has 0 bridgehead atoms. The Kier molecular flexibility index (Phi) is 6.50. The van der Waals surface area contributed by atoms with Crippen molar-refractivity contribution in [3.63, 3.8) is 0 Å². The van der Waals surface area contributed by atoms with Crippen LogP contribution in [0, 0.1) is 35.3 Å². The largest absolute Gasteiger partial charge is 0.349 e. The smallest absolute Gasteiger partial charge is 0.274 e. The highest BCUT2D eigenvalue weighted by Crippen LogP contribution is 2.20. The summed E-state index contributed by atoms with van der Waals surface area (Å²) in [5.41, 5.74) is 3.16. The van der Waals surface area contributed by atoms with Gasteiger partial charge in [-0.15, -0.1) is 0 Å². The topological polar surface area (TPSA) is 101 Å². The molecule has 1 aromatic heterocycles. The number of hydrogen-bond donors (Lipinski definition) is 1. The first-order valence-electron chi connectivity index (χ1n) is 8.68. The molecule has 0 fully saturated rings. The van der Waals surface area contributed by atoms with Crippen LogP contribution in [-0.4, -0.2) is 15.4 Å². The Morgan fingerprint density at radius 2 is 2.07 bits per heavy atom. The zero-order chi connectivity index (χ0) is 20.0. The number of hydrogen-bond acceptors (Lipinski definition) is 4. The molecule has 7 nitrogen and oxygen atoms in total. The van der Waals surface area contributed by atoms with Gasteiger partial charge in [0.15, 0.2) is 0 Å². The van der Waals surface area contributed by atoms with E-state index in [0.29, 0.717) is 5.56 Å². The third kappa shape index (κ3) is 4.61. The molecule has 0 radical (unpaired) electrons. The van der Waals surface area contributed by atoms with Gasteiger partial charge in [-0.25, -0.2) is 0 Å². The van der Waals surface area contributed by atoms with Crippen molar-refractivity contribution in [2.45, 2.75) is 40.3 Å². The van der Waals surface area contributed by atoms with E-state index in [9.17, 15) is 20.2 Å². The number of rotatable bonds is 7. The highest BCUT2D eigenvalue weighted by molar-refractivity contribution is 6.01. The summed E-state index contributed by atoms with van der Waals surface area (Å²) >= 11 is 0. The summed E-state index contributed by atoms with van der Waals surface area (Å²) in [6.45, 7) is 6.88. The Balaban J connectivity index is 2.20. The molecule has 0 aliphatic heterocycles. The molecule has 2 aromatic rings. The molecule has 0 saturated carbocycles. The second-order valence-corrected chi connectivity index (χ2v) is 6.22. The summed E-state index contributed by atoms with van der Waals surface area (Å²) in [6, 6.07) is 10.0. The van der Waals surface area contributed by atoms with E-state index in [1.165, 1.54) is 6.07 Å². The maximum atomic E-state index is 12.4.